The molecule has 3 rings (SSSR count). The minimum absolute atomic E-state index is 0.0508. The summed E-state index contributed by atoms with van der Waals surface area (Å²) in [5.74, 6) is 1.12. The van der Waals surface area contributed by atoms with Crippen LogP contribution in [0.4, 0.5) is 0 Å². The topological polar surface area (TPSA) is 100 Å². The second-order valence-electron chi connectivity index (χ2n) is 7.52. The number of thiophene rings is 1. The summed E-state index contributed by atoms with van der Waals surface area (Å²) in [5, 5.41) is 0.291. The van der Waals surface area contributed by atoms with Gasteiger partial charge in [0.15, 0.2) is 9.84 Å². The lowest BCUT2D eigenvalue weighted by Crippen LogP contribution is -2.45. The molecule has 2 aromatic heterocycles. The minimum atomic E-state index is -3.05. The number of aromatic nitrogens is 2. The van der Waals surface area contributed by atoms with Crippen molar-refractivity contribution in [2.24, 2.45) is 0 Å². The zero-order valence-corrected chi connectivity index (χ0v) is 19.6. The van der Waals surface area contributed by atoms with Gasteiger partial charge in [0.2, 0.25) is 5.91 Å². The Morgan fingerprint density at radius 3 is 2.76 bits per heavy atom. The van der Waals surface area contributed by atoms with E-state index in [0.717, 1.165) is 21.7 Å². The Hall–Kier alpha value is -1.39. The molecule has 1 aliphatic heterocycles. The molecule has 1 saturated heterocycles. The van der Waals surface area contributed by atoms with E-state index in [1.165, 1.54) is 23.1 Å². The SMILES string of the molecule is CCCN(C(=O)[C@H](C)SCc1nc2sc(C)c(C)c2c(=O)[nH]1)[C@@H]1CCS(=O)(=O)C1. The number of carbonyl (C=O) groups excluding carboxylic acids is 1. The molecule has 7 nitrogen and oxygen atoms in total. The van der Waals surface area contributed by atoms with Crippen LogP contribution in [0.5, 0.6) is 0 Å². The number of rotatable bonds is 7. The van der Waals surface area contributed by atoms with Crippen LogP contribution in [0.2, 0.25) is 0 Å². The third-order valence-corrected chi connectivity index (χ3v) is 9.30. The van der Waals surface area contributed by atoms with Crippen molar-refractivity contribution in [3.63, 3.8) is 0 Å². The molecule has 1 fully saturated rings. The predicted octanol–water partition coefficient (Wildman–Crippen LogP) is 2.65. The quantitative estimate of drug-likeness (QED) is 0.686. The van der Waals surface area contributed by atoms with E-state index in [1.54, 1.807) is 4.90 Å². The Balaban J connectivity index is 1.70. The summed E-state index contributed by atoms with van der Waals surface area (Å²) in [5.41, 5.74) is 0.818. The number of sulfone groups is 1. The van der Waals surface area contributed by atoms with E-state index in [1.807, 2.05) is 27.7 Å². The molecule has 0 spiro atoms. The van der Waals surface area contributed by atoms with Crippen molar-refractivity contribution in [3.8, 4) is 0 Å². The third kappa shape index (κ3) is 4.86. The van der Waals surface area contributed by atoms with Crippen LogP contribution >= 0.6 is 23.1 Å². The number of nitrogens with zero attached hydrogens (tertiary/aromatic N) is 2. The number of thioether (sulfide) groups is 1. The zero-order chi connectivity index (χ0) is 21.3. The lowest BCUT2D eigenvalue weighted by Gasteiger charge is -2.30. The third-order valence-electron chi connectivity index (χ3n) is 5.30. The molecule has 1 N–H and O–H groups in total. The number of hydrogen-bond acceptors (Lipinski definition) is 7. The van der Waals surface area contributed by atoms with Gasteiger partial charge in [-0.3, -0.25) is 9.59 Å². The highest BCUT2D eigenvalue weighted by atomic mass is 32.2. The smallest absolute Gasteiger partial charge is 0.259 e. The number of aryl methyl sites for hydroxylation is 2. The van der Waals surface area contributed by atoms with Crippen molar-refractivity contribution >= 4 is 49.1 Å². The highest BCUT2D eigenvalue weighted by molar-refractivity contribution is 7.99. The van der Waals surface area contributed by atoms with Crippen LogP contribution in [0.15, 0.2) is 4.79 Å². The molecular formula is C19H27N3O4S3. The van der Waals surface area contributed by atoms with Crippen LogP contribution < -0.4 is 5.56 Å². The number of nitrogens with one attached hydrogen (secondary N) is 1. The molecule has 0 unspecified atom stereocenters. The lowest BCUT2D eigenvalue weighted by molar-refractivity contribution is -0.132. The summed E-state index contributed by atoms with van der Waals surface area (Å²) in [6, 6.07) is -0.234. The van der Waals surface area contributed by atoms with Gasteiger partial charge in [-0.2, -0.15) is 0 Å². The molecule has 0 saturated carbocycles. The zero-order valence-electron chi connectivity index (χ0n) is 17.1. The fourth-order valence-corrected chi connectivity index (χ4v) is 7.21. The number of hydrogen-bond donors (Lipinski definition) is 1. The standard InChI is InChI=1S/C19H27N3O4S3/c1-5-7-22(14-6-8-29(25,26)10-14)19(24)13(4)27-9-15-20-17(23)16-11(2)12(3)28-18(16)21-15/h13-14H,5-10H2,1-4H3,(H,20,21,23)/t13-,14+/m0/s1. The second kappa shape index (κ2) is 8.77. The van der Waals surface area contributed by atoms with Gasteiger partial charge < -0.3 is 9.88 Å². The average Bonchev–Trinajstić information content (AvgIpc) is 3.16. The van der Waals surface area contributed by atoms with Gasteiger partial charge in [0.25, 0.3) is 5.56 Å². The molecule has 1 aliphatic rings. The lowest BCUT2D eigenvalue weighted by atomic mass is 10.2. The van der Waals surface area contributed by atoms with Gasteiger partial charge in [-0.15, -0.1) is 23.1 Å². The molecule has 0 aromatic carbocycles. The summed E-state index contributed by atoms with van der Waals surface area (Å²) in [4.78, 5) is 36.3. The summed E-state index contributed by atoms with van der Waals surface area (Å²) in [6.45, 7) is 8.26. The van der Waals surface area contributed by atoms with Crippen LogP contribution in [0.25, 0.3) is 10.2 Å². The first-order chi connectivity index (χ1) is 13.6. The van der Waals surface area contributed by atoms with Crippen molar-refractivity contribution in [1.82, 2.24) is 14.9 Å². The van der Waals surface area contributed by atoms with Crippen molar-refractivity contribution in [2.75, 3.05) is 18.1 Å². The van der Waals surface area contributed by atoms with Gasteiger partial charge in [-0.05, 0) is 39.2 Å². The maximum atomic E-state index is 13.0. The molecule has 160 valence electrons. The Bertz CT molecular complexity index is 1070. The summed E-state index contributed by atoms with van der Waals surface area (Å²) in [7, 11) is -3.05. The van der Waals surface area contributed by atoms with Crippen LogP contribution in [-0.2, 0) is 20.4 Å². The van der Waals surface area contributed by atoms with E-state index in [9.17, 15) is 18.0 Å². The first-order valence-electron chi connectivity index (χ1n) is 9.74. The van der Waals surface area contributed by atoms with Crippen LogP contribution in [0, 0.1) is 13.8 Å². The van der Waals surface area contributed by atoms with E-state index < -0.39 is 9.84 Å². The number of aromatic amines is 1. The van der Waals surface area contributed by atoms with E-state index in [-0.39, 0.29) is 34.3 Å². The van der Waals surface area contributed by atoms with Crippen LogP contribution in [0.3, 0.4) is 0 Å². The average molecular weight is 458 g/mol. The molecule has 2 atom stereocenters. The van der Waals surface area contributed by atoms with E-state index in [0.29, 0.717) is 29.9 Å². The largest absolute Gasteiger partial charge is 0.338 e. The Morgan fingerprint density at radius 1 is 1.41 bits per heavy atom. The fourth-order valence-electron chi connectivity index (χ4n) is 3.61. The van der Waals surface area contributed by atoms with Gasteiger partial charge in [0.05, 0.1) is 27.9 Å². The Kier molecular flexibility index (Phi) is 6.74. The van der Waals surface area contributed by atoms with Gasteiger partial charge >= 0.3 is 0 Å². The molecule has 10 heteroatoms. The van der Waals surface area contributed by atoms with Crippen molar-refractivity contribution in [3.05, 3.63) is 26.6 Å². The van der Waals surface area contributed by atoms with Crippen molar-refractivity contribution in [2.45, 2.75) is 57.6 Å². The Labute approximate surface area is 179 Å². The second-order valence-corrected chi connectivity index (χ2v) is 12.3. The van der Waals surface area contributed by atoms with E-state index in [4.69, 9.17) is 0 Å². The predicted molar refractivity (Wildman–Crippen MR) is 120 cm³/mol. The molecule has 0 bridgehead atoms. The molecule has 3 heterocycles. The maximum Gasteiger partial charge on any atom is 0.259 e. The summed E-state index contributed by atoms with van der Waals surface area (Å²) >= 11 is 2.91. The summed E-state index contributed by atoms with van der Waals surface area (Å²) < 4.78 is 23.7. The minimum Gasteiger partial charge on any atom is -0.338 e. The van der Waals surface area contributed by atoms with Crippen LogP contribution in [0.1, 0.15) is 43.0 Å². The molecule has 0 radical (unpaired) electrons. The molecule has 2 aromatic rings. The highest BCUT2D eigenvalue weighted by Crippen LogP contribution is 2.27. The Morgan fingerprint density at radius 2 is 2.14 bits per heavy atom. The van der Waals surface area contributed by atoms with Crippen LogP contribution in [-0.4, -0.2) is 58.5 Å². The summed E-state index contributed by atoms with van der Waals surface area (Å²) in [6.07, 6.45) is 1.29. The van der Waals surface area contributed by atoms with Gasteiger partial charge in [-0.25, -0.2) is 13.4 Å². The van der Waals surface area contributed by atoms with Gasteiger partial charge in [0.1, 0.15) is 10.7 Å². The van der Waals surface area contributed by atoms with Crippen molar-refractivity contribution < 1.29 is 13.2 Å². The van der Waals surface area contributed by atoms with E-state index >= 15 is 0 Å². The normalized spacial score (nSPS) is 19.5. The number of amides is 1. The number of H-pyrrole nitrogens is 1. The highest BCUT2D eigenvalue weighted by Gasteiger charge is 2.35. The molecular weight excluding hydrogens is 430 g/mol. The van der Waals surface area contributed by atoms with Gasteiger partial charge in [-0.1, -0.05) is 6.92 Å². The number of fused-ring (bicyclic) bond motifs is 1. The van der Waals surface area contributed by atoms with E-state index in [2.05, 4.69) is 9.97 Å². The fraction of sp³-hybridized carbons (Fsp3) is 0.632. The maximum absolute atomic E-state index is 13.0. The molecule has 29 heavy (non-hydrogen) atoms. The molecule has 0 aliphatic carbocycles. The first kappa shape index (κ1) is 22.3. The monoisotopic (exact) mass is 457 g/mol. The van der Waals surface area contributed by atoms with Crippen molar-refractivity contribution in [1.29, 1.82) is 0 Å². The van der Waals surface area contributed by atoms with Gasteiger partial charge in [0, 0.05) is 17.5 Å². The first-order valence-corrected chi connectivity index (χ1v) is 13.4. The number of carbonyl (C=O) groups is 1. The molecule has 1 amide bonds.